The smallest absolute Gasteiger partial charge is 0.227 e. The molecule has 2 aliphatic rings. The molecule has 26 heavy (non-hydrogen) atoms. The summed E-state index contributed by atoms with van der Waals surface area (Å²) >= 11 is 1.43. The van der Waals surface area contributed by atoms with E-state index in [1.807, 2.05) is 10.3 Å². The van der Waals surface area contributed by atoms with E-state index in [0.717, 1.165) is 18.5 Å². The van der Waals surface area contributed by atoms with Gasteiger partial charge < -0.3 is 26.0 Å². The maximum atomic E-state index is 12.6. The number of rotatable bonds is 6. The van der Waals surface area contributed by atoms with E-state index in [4.69, 9.17) is 10.5 Å². The van der Waals surface area contributed by atoms with Crippen molar-refractivity contribution in [1.29, 1.82) is 0 Å². The summed E-state index contributed by atoms with van der Waals surface area (Å²) in [5.74, 6) is -0.126. The fourth-order valence-electron chi connectivity index (χ4n) is 3.43. The number of hydrogen-bond donors (Lipinski definition) is 3. The average Bonchev–Trinajstić information content (AvgIpc) is 3.10. The molecular weight excluding hydrogens is 354 g/mol. The number of hydrogen-bond acceptors (Lipinski definition) is 7. The number of carbonyl (C=O) groups is 2. The fourth-order valence-corrected chi connectivity index (χ4v) is 4.03. The predicted octanol–water partition coefficient (Wildman–Crippen LogP) is -0.141. The monoisotopic (exact) mass is 381 g/mol. The van der Waals surface area contributed by atoms with Crippen molar-refractivity contribution >= 4 is 28.3 Å². The van der Waals surface area contributed by atoms with Crippen molar-refractivity contribution in [1.82, 2.24) is 20.5 Å². The first-order valence-corrected chi connectivity index (χ1v) is 10.1. The number of piperidine rings is 1. The molecule has 1 aromatic heterocycles. The van der Waals surface area contributed by atoms with Crippen LogP contribution in [0.2, 0.25) is 0 Å². The number of morpholine rings is 1. The zero-order valence-electron chi connectivity index (χ0n) is 14.9. The van der Waals surface area contributed by atoms with E-state index in [2.05, 4.69) is 15.6 Å². The van der Waals surface area contributed by atoms with Crippen molar-refractivity contribution in [3.8, 4) is 0 Å². The number of anilines is 1. The summed E-state index contributed by atoms with van der Waals surface area (Å²) in [6.07, 6.45) is 2.23. The van der Waals surface area contributed by atoms with Crippen LogP contribution in [0.5, 0.6) is 0 Å². The van der Waals surface area contributed by atoms with Gasteiger partial charge in [0.15, 0.2) is 5.13 Å². The second-order valence-corrected chi connectivity index (χ2v) is 7.69. The molecule has 0 unspecified atom stereocenters. The van der Waals surface area contributed by atoms with Gasteiger partial charge in [-0.2, -0.15) is 0 Å². The van der Waals surface area contributed by atoms with Gasteiger partial charge in [0.05, 0.1) is 30.7 Å². The van der Waals surface area contributed by atoms with E-state index >= 15 is 0 Å². The summed E-state index contributed by atoms with van der Waals surface area (Å²) in [6.45, 7) is 4.36. The van der Waals surface area contributed by atoms with E-state index in [1.165, 1.54) is 11.3 Å². The molecular formula is C17H27N5O3S. The van der Waals surface area contributed by atoms with Crippen LogP contribution in [0.3, 0.4) is 0 Å². The van der Waals surface area contributed by atoms with Gasteiger partial charge in [-0.1, -0.05) is 0 Å². The number of carbonyl (C=O) groups excluding carboxylic acids is 2. The second-order valence-electron chi connectivity index (χ2n) is 6.80. The topological polar surface area (TPSA) is 110 Å². The van der Waals surface area contributed by atoms with Crippen molar-refractivity contribution in [2.75, 3.05) is 51.7 Å². The highest BCUT2D eigenvalue weighted by Crippen LogP contribution is 2.20. The number of aromatic nitrogens is 1. The lowest BCUT2D eigenvalue weighted by atomic mass is 9.88. The normalized spacial score (nSPS) is 23.6. The number of nitrogens with one attached hydrogen (secondary N) is 2. The lowest BCUT2D eigenvalue weighted by Gasteiger charge is -2.34. The lowest BCUT2D eigenvalue weighted by Crippen LogP contribution is -2.51. The van der Waals surface area contributed by atoms with E-state index in [-0.39, 0.29) is 23.7 Å². The summed E-state index contributed by atoms with van der Waals surface area (Å²) in [5, 5.41) is 8.76. The van der Waals surface area contributed by atoms with Gasteiger partial charge >= 0.3 is 0 Å². The first-order chi connectivity index (χ1) is 12.6. The summed E-state index contributed by atoms with van der Waals surface area (Å²) in [4.78, 5) is 31.1. The molecule has 2 atom stereocenters. The SMILES string of the molecule is Nc1nc(CCCNC(=O)[C@@H]2CNC[C@@H](C(=O)N3CCOCC3)C2)cs1. The third-order valence-corrected chi connectivity index (χ3v) is 5.59. The Morgan fingerprint density at radius 3 is 2.85 bits per heavy atom. The van der Waals surface area contributed by atoms with Crippen LogP contribution in [-0.4, -0.2) is 67.6 Å². The molecule has 3 rings (SSSR count). The van der Waals surface area contributed by atoms with E-state index < -0.39 is 0 Å². The van der Waals surface area contributed by atoms with E-state index in [1.54, 1.807) is 0 Å². The molecule has 0 radical (unpaired) electrons. The Kier molecular flexibility index (Phi) is 6.81. The van der Waals surface area contributed by atoms with Crippen molar-refractivity contribution in [2.45, 2.75) is 19.3 Å². The molecule has 0 aliphatic carbocycles. The van der Waals surface area contributed by atoms with E-state index in [9.17, 15) is 9.59 Å². The molecule has 144 valence electrons. The van der Waals surface area contributed by atoms with Gasteiger partial charge in [0.1, 0.15) is 0 Å². The number of nitrogen functional groups attached to an aromatic ring is 1. The van der Waals surface area contributed by atoms with Gasteiger partial charge in [-0.15, -0.1) is 11.3 Å². The zero-order valence-corrected chi connectivity index (χ0v) is 15.7. The van der Waals surface area contributed by atoms with Crippen LogP contribution in [0.15, 0.2) is 5.38 Å². The minimum absolute atomic E-state index is 0.0229. The first kappa shape index (κ1) is 19.1. The Balaban J connectivity index is 1.40. The Labute approximate surface area is 157 Å². The van der Waals surface area contributed by atoms with Crippen LogP contribution in [0.25, 0.3) is 0 Å². The van der Waals surface area contributed by atoms with Crippen molar-refractivity contribution in [2.24, 2.45) is 11.8 Å². The van der Waals surface area contributed by atoms with Crippen molar-refractivity contribution in [3.63, 3.8) is 0 Å². The summed E-state index contributed by atoms with van der Waals surface area (Å²) in [7, 11) is 0. The summed E-state index contributed by atoms with van der Waals surface area (Å²) < 4.78 is 5.30. The molecule has 4 N–H and O–H groups in total. The highest BCUT2D eigenvalue weighted by Gasteiger charge is 2.33. The Hall–Kier alpha value is -1.71. The van der Waals surface area contributed by atoms with E-state index in [0.29, 0.717) is 57.5 Å². The highest BCUT2D eigenvalue weighted by atomic mass is 32.1. The van der Waals surface area contributed by atoms with Gasteiger partial charge in [0.25, 0.3) is 0 Å². The van der Waals surface area contributed by atoms with Crippen LogP contribution >= 0.6 is 11.3 Å². The molecule has 2 fully saturated rings. The number of ether oxygens (including phenoxy) is 1. The van der Waals surface area contributed by atoms with Crippen LogP contribution in [0.1, 0.15) is 18.5 Å². The Morgan fingerprint density at radius 1 is 1.35 bits per heavy atom. The molecule has 2 saturated heterocycles. The average molecular weight is 382 g/mol. The van der Waals surface area contributed by atoms with Gasteiger partial charge in [0.2, 0.25) is 11.8 Å². The number of nitrogens with two attached hydrogens (primary N) is 1. The fraction of sp³-hybridized carbons (Fsp3) is 0.706. The quantitative estimate of drug-likeness (QED) is 0.592. The minimum Gasteiger partial charge on any atom is -0.378 e. The largest absolute Gasteiger partial charge is 0.378 e. The third kappa shape index (κ3) is 5.15. The molecule has 0 aromatic carbocycles. The van der Waals surface area contributed by atoms with Crippen LogP contribution in [0.4, 0.5) is 5.13 Å². The van der Waals surface area contributed by atoms with Gasteiger partial charge in [-0.05, 0) is 19.3 Å². The summed E-state index contributed by atoms with van der Waals surface area (Å²) in [5.41, 5.74) is 6.58. The first-order valence-electron chi connectivity index (χ1n) is 9.18. The molecule has 2 aliphatic heterocycles. The second kappa shape index (κ2) is 9.29. The number of thiazole rings is 1. The molecule has 1 aromatic rings. The number of aryl methyl sites for hydroxylation is 1. The van der Waals surface area contributed by atoms with Crippen LogP contribution in [0, 0.1) is 11.8 Å². The Bertz CT molecular complexity index is 617. The molecule has 3 heterocycles. The van der Waals surface area contributed by atoms with Crippen molar-refractivity contribution < 1.29 is 14.3 Å². The maximum Gasteiger partial charge on any atom is 0.227 e. The maximum absolute atomic E-state index is 12.6. The number of amides is 2. The molecule has 8 nitrogen and oxygen atoms in total. The molecule has 9 heteroatoms. The van der Waals surface area contributed by atoms with Crippen LogP contribution in [-0.2, 0) is 20.7 Å². The predicted molar refractivity (Wildman–Crippen MR) is 99.7 cm³/mol. The standard InChI is InChI=1S/C17H27N5O3S/c18-17-21-14(11-26-17)2-1-3-20-15(23)12-8-13(10-19-9-12)16(24)22-4-6-25-7-5-22/h11-13,19H,1-10H2,(H2,18,21)(H,20,23)/t12-,13-/m0/s1. The molecule has 0 spiro atoms. The lowest BCUT2D eigenvalue weighted by molar-refractivity contribution is -0.141. The third-order valence-electron chi connectivity index (χ3n) is 4.87. The van der Waals surface area contributed by atoms with Gasteiger partial charge in [0, 0.05) is 38.1 Å². The minimum atomic E-state index is -0.159. The zero-order chi connectivity index (χ0) is 18.4. The van der Waals surface area contributed by atoms with Gasteiger partial charge in [-0.3, -0.25) is 9.59 Å². The Morgan fingerprint density at radius 2 is 2.12 bits per heavy atom. The molecule has 0 saturated carbocycles. The highest BCUT2D eigenvalue weighted by molar-refractivity contribution is 7.13. The van der Waals surface area contributed by atoms with Crippen LogP contribution < -0.4 is 16.4 Å². The van der Waals surface area contributed by atoms with Gasteiger partial charge in [-0.25, -0.2) is 4.98 Å². The van der Waals surface area contributed by atoms with Crippen molar-refractivity contribution in [3.05, 3.63) is 11.1 Å². The summed E-state index contributed by atoms with van der Waals surface area (Å²) in [6, 6.07) is 0. The molecule has 0 bridgehead atoms. The molecule has 2 amide bonds. The number of nitrogens with zero attached hydrogens (tertiary/aromatic N) is 2.